The average Bonchev–Trinajstić information content (AvgIpc) is 2.42. The Hall–Kier alpha value is -2.35. The number of rotatable bonds is 5. The molecule has 0 spiro atoms. The molecule has 0 radical (unpaired) electrons. The fraction of sp³-hybridized carbons (Fsp3) is 0.333. The number of benzene rings is 1. The van der Waals surface area contributed by atoms with Crippen LogP contribution in [0.1, 0.15) is 10.4 Å². The number of nitrogens with one attached hydrogen (secondary N) is 2. The number of nitro groups is 1. The van der Waals surface area contributed by atoms with Crippen LogP contribution in [0.5, 0.6) is 0 Å². The van der Waals surface area contributed by atoms with E-state index in [1.807, 2.05) is 0 Å². The van der Waals surface area contributed by atoms with Crippen LogP contribution >= 0.6 is 11.6 Å². The third kappa shape index (κ3) is 4.92. The molecule has 21 heavy (non-hydrogen) atoms. The van der Waals surface area contributed by atoms with E-state index in [1.54, 1.807) is 14.1 Å². The van der Waals surface area contributed by atoms with Crippen molar-refractivity contribution >= 4 is 29.2 Å². The number of urea groups is 1. The molecule has 0 fully saturated rings. The number of hydrogen-bond acceptors (Lipinski definition) is 4. The van der Waals surface area contributed by atoms with Crippen molar-refractivity contribution < 1.29 is 14.5 Å². The number of amides is 3. The summed E-state index contributed by atoms with van der Waals surface area (Å²) < 4.78 is 0. The third-order valence-corrected chi connectivity index (χ3v) is 2.80. The first-order chi connectivity index (χ1) is 9.82. The summed E-state index contributed by atoms with van der Waals surface area (Å²) in [6.07, 6.45) is 0. The van der Waals surface area contributed by atoms with Gasteiger partial charge in [0, 0.05) is 38.8 Å². The lowest BCUT2D eigenvalue weighted by Crippen LogP contribution is -2.39. The van der Waals surface area contributed by atoms with E-state index in [4.69, 9.17) is 11.6 Å². The van der Waals surface area contributed by atoms with Crippen LogP contribution in [0.25, 0.3) is 0 Å². The SMILES string of the molecule is CN(C)C(=O)NCCNC(=O)c1ccc([N+](=O)[O-])c(Cl)c1. The highest BCUT2D eigenvalue weighted by Gasteiger charge is 2.15. The van der Waals surface area contributed by atoms with Gasteiger partial charge in [-0.3, -0.25) is 14.9 Å². The van der Waals surface area contributed by atoms with Crippen LogP contribution in [0.3, 0.4) is 0 Å². The van der Waals surface area contributed by atoms with Gasteiger partial charge >= 0.3 is 6.03 Å². The quantitative estimate of drug-likeness (QED) is 0.485. The lowest BCUT2D eigenvalue weighted by Gasteiger charge is -2.12. The molecule has 0 aliphatic carbocycles. The fourth-order valence-electron chi connectivity index (χ4n) is 1.40. The zero-order chi connectivity index (χ0) is 16.0. The molecule has 1 aromatic carbocycles. The van der Waals surface area contributed by atoms with Gasteiger partial charge in [0.05, 0.1) is 4.92 Å². The topological polar surface area (TPSA) is 105 Å². The second-order valence-corrected chi connectivity index (χ2v) is 4.71. The maximum absolute atomic E-state index is 11.8. The first-order valence-electron chi connectivity index (χ1n) is 6.00. The Morgan fingerprint density at radius 1 is 1.29 bits per heavy atom. The van der Waals surface area contributed by atoms with E-state index < -0.39 is 10.8 Å². The van der Waals surface area contributed by atoms with E-state index in [9.17, 15) is 19.7 Å². The Morgan fingerprint density at radius 2 is 1.90 bits per heavy atom. The van der Waals surface area contributed by atoms with E-state index in [1.165, 1.54) is 23.1 Å². The molecule has 0 aromatic heterocycles. The number of halogens is 1. The standard InChI is InChI=1S/C12H15ClN4O4/c1-16(2)12(19)15-6-5-14-11(18)8-3-4-10(17(20)21)9(13)7-8/h3-4,7H,5-6H2,1-2H3,(H,14,18)(H,15,19). The van der Waals surface area contributed by atoms with Gasteiger partial charge in [0.25, 0.3) is 11.6 Å². The zero-order valence-corrected chi connectivity index (χ0v) is 12.3. The summed E-state index contributed by atoms with van der Waals surface area (Å²) in [7, 11) is 3.21. The van der Waals surface area contributed by atoms with Gasteiger partial charge in [0.15, 0.2) is 0 Å². The Kier molecular flexibility index (Phi) is 5.92. The molecular weight excluding hydrogens is 300 g/mol. The number of carbonyl (C=O) groups is 2. The molecule has 8 nitrogen and oxygen atoms in total. The Labute approximate surface area is 126 Å². The normalized spacial score (nSPS) is 9.86. The minimum Gasteiger partial charge on any atom is -0.350 e. The van der Waals surface area contributed by atoms with Gasteiger partial charge in [-0.15, -0.1) is 0 Å². The van der Waals surface area contributed by atoms with Crippen LogP contribution in [-0.2, 0) is 0 Å². The molecule has 114 valence electrons. The summed E-state index contributed by atoms with van der Waals surface area (Å²) in [5.41, 5.74) is -0.0454. The van der Waals surface area contributed by atoms with Gasteiger partial charge in [0.2, 0.25) is 0 Å². The summed E-state index contributed by atoms with van der Waals surface area (Å²) in [4.78, 5) is 34.4. The first-order valence-corrected chi connectivity index (χ1v) is 6.38. The minimum atomic E-state index is -0.624. The molecule has 0 unspecified atom stereocenters. The highest BCUT2D eigenvalue weighted by molar-refractivity contribution is 6.33. The van der Waals surface area contributed by atoms with Crippen LogP contribution in [-0.4, -0.2) is 48.9 Å². The van der Waals surface area contributed by atoms with Crippen molar-refractivity contribution in [1.29, 1.82) is 0 Å². The van der Waals surface area contributed by atoms with Crippen molar-refractivity contribution in [2.45, 2.75) is 0 Å². The molecule has 1 aromatic rings. The van der Waals surface area contributed by atoms with Gasteiger partial charge in [-0.1, -0.05) is 11.6 Å². The van der Waals surface area contributed by atoms with Crippen molar-refractivity contribution in [1.82, 2.24) is 15.5 Å². The van der Waals surface area contributed by atoms with E-state index in [0.29, 0.717) is 0 Å². The maximum atomic E-state index is 11.8. The summed E-state index contributed by atoms with van der Waals surface area (Å²) in [6.45, 7) is 0.497. The van der Waals surface area contributed by atoms with Gasteiger partial charge in [-0.05, 0) is 12.1 Å². The molecule has 1 rings (SSSR count). The highest BCUT2D eigenvalue weighted by Crippen LogP contribution is 2.24. The lowest BCUT2D eigenvalue weighted by atomic mass is 10.2. The summed E-state index contributed by atoms with van der Waals surface area (Å²) in [6, 6.07) is 3.46. The molecule has 0 saturated heterocycles. The summed E-state index contributed by atoms with van der Waals surface area (Å²) in [5.74, 6) is -0.425. The zero-order valence-electron chi connectivity index (χ0n) is 11.6. The van der Waals surface area contributed by atoms with Gasteiger partial charge in [0.1, 0.15) is 5.02 Å². The van der Waals surface area contributed by atoms with Crippen LogP contribution < -0.4 is 10.6 Å². The number of carbonyl (C=O) groups excluding carboxylic acids is 2. The first kappa shape index (κ1) is 16.7. The van der Waals surface area contributed by atoms with Crippen molar-refractivity contribution in [3.8, 4) is 0 Å². The molecule has 0 atom stereocenters. The second-order valence-electron chi connectivity index (χ2n) is 4.31. The summed E-state index contributed by atoms with van der Waals surface area (Å²) in [5, 5.41) is 15.7. The molecular formula is C12H15ClN4O4. The molecule has 0 saturated carbocycles. The van der Waals surface area contributed by atoms with Crippen LogP contribution in [0, 0.1) is 10.1 Å². The van der Waals surface area contributed by atoms with Crippen molar-refractivity contribution in [3.05, 3.63) is 38.9 Å². The second kappa shape index (κ2) is 7.44. The predicted octanol–water partition coefficient (Wildman–Crippen LogP) is 1.25. The van der Waals surface area contributed by atoms with E-state index >= 15 is 0 Å². The van der Waals surface area contributed by atoms with Gasteiger partial charge in [-0.25, -0.2) is 4.79 Å². The Bertz CT molecular complexity index is 562. The largest absolute Gasteiger partial charge is 0.350 e. The molecule has 9 heteroatoms. The summed E-state index contributed by atoms with van der Waals surface area (Å²) >= 11 is 5.72. The smallest absolute Gasteiger partial charge is 0.316 e. The average molecular weight is 315 g/mol. The minimum absolute atomic E-state index is 0.103. The molecule has 0 heterocycles. The van der Waals surface area contributed by atoms with E-state index in [2.05, 4.69) is 10.6 Å². The van der Waals surface area contributed by atoms with E-state index in [-0.39, 0.29) is 35.4 Å². The third-order valence-electron chi connectivity index (χ3n) is 2.50. The van der Waals surface area contributed by atoms with Gasteiger partial charge in [-0.2, -0.15) is 0 Å². The van der Waals surface area contributed by atoms with Crippen molar-refractivity contribution in [3.63, 3.8) is 0 Å². The predicted molar refractivity (Wildman–Crippen MR) is 77.5 cm³/mol. The van der Waals surface area contributed by atoms with E-state index in [0.717, 1.165) is 0 Å². The molecule has 2 N–H and O–H groups in total. The molecule has 0 aliphatic heterocycles. The van der Waals surface area contributed by atoms with Crippen LogP contribution in [0.15, 0.2) is 18.2 Å². The van der Waals surface area contributed by atoms with Crippen molar-refractivity contribution in [2.75, 3.05) is 27.2 Å². The van der Waals surface area contributed by atoms with Gasteiger partial charge < -0.3 is 15.5 Å². The highest BCUT2D eigenvalue weighted by atomic mass is 35.5. The monoisotopic (exact) mass is 314 g/mol. The maximum Gasteiger partial charge on any atom is 0.316 e. The lowest BCUT2D eigenvalue weighted by molar-refractivity contribution is -0.384. The molecule has 0 bridgehead atoms. The number of hydrogen-bond donors (Lipinski definition) is 2. The number of nitro benzene ring substituents is 1. The Balaban J connectivity index is 2.51. The van der Waals surface area contributed by atoms with Crippen LogP contribution in [0.2, 0.25) is 5.02 Å². The molecule has 3 amide bonds. The van der Waals surface area contributed by atoms with Crippen LogP contribution in [0.4, 0.5) is 10.5 Å². The number of nitrogens with zero attached hydrogens (tertiary/aromatic N) is 2. The fourth-order valence-corrected chi connectivity index (χ4v) is 1.65. The van der Waals surface area contributed by atoms with Crippen molar-refractivity contribution in [2.24, 2.45) is 0 Å². The Morgan fingerprint density at radius 3 is 2.43 bits per heavy atom. The molecule has 0 aliphatic rings.